The zero-order valence-electron chi connectivity index (χ0n) is 13.8. The highest BCUT2D eigenvalue weighted by Crippen LogP contribution is 2.45. The minimum Gasteiger partial charge on any atom is -0.444 e. The smallest absolute Gasteiger partial charge is 0.410 e. The van der Waals surface area contributed by atoms with Crippen LogP contribution in [0.3, 0.4) is 0 Å². The summed E-state index contributed by atoms with van der Waals surface area (Å²) in [6.07, 6.45) is 1.81. The normalized spacial score (nSPS) is 19.8. The van der Waals surface area contributed by atoms with E-state index in [-0.39, 0.29) is 17.3 Å². The number of hydrogen-bond donors (Lipinski definition) is 0. The van der Waals surface area contributed by atoms with Crippen molar-refractivity contribution in [3.05, 3.63) is 34.3 Å². The number of carbonyl (C=O) groups is 2. The van der Waals surface area contributed by atoms with E-state index in [1.54, 1.807) is 11.0 Å². The average molecular weight is 336 g/mol. The summed E-state index contributed by atoms with van der Waals surface area (Å²) in [4.78, 5) is 26.7. The van der Waals surface area contributed by atoms with Crippen LogP contribution in [0.25, 0.3) is 0 Å². The lowest BCUT2D eigenvalue weighted by molar-refractivity contribution is 0.0114. The van der Waals surface area contributed by atoms with E-state index in [1.165, 1.54) is 0 Å². The molecular weight excluding hydrogens is 314 g/mol. The van der Waals surface area contributed by atoms with Crippen LogP contribution in [0.15, 0.2) is 18.2 Å². The Kier molecular flexibility index (Phi) is 3.91. The number of halogens is 1. The Balaban J connectivity index is 1.70. The van der Waals surface area contributed by atoms with Crippen LogP contribution in [-0.2, 0) is 11.2 Å². The third kappa shape index (κ3) is 3.09. The van der Waals surface area contributed by atoms with Gasteiger partial charge in [-0.25, -0.2) is 4.79 Å². The number of piperidine rings is 1. The van der Waals surface area contributed by atoms with Gasteiger partial charge in [-0.15, -0.1) is 0 Å². The van der Waals surface area contributed by atoms with Gasteiger partial charge < -0.3 is 9.64 Å². The summed E-state index contributed by atoms with van der Waals surface area (Å²) in [6, 6.07) is 5.56. The lowest BCUT2D eigenvalue weighted by Crippen LogP contribution is -2.47. The number of hydrogen-bond acceptors (Lipinski definition) is 3. The molecule has 2 aliphatic rings. The second-order valence-electron chi connectivity index (χ2n) is 7.56. The molecule has 1 heterocycles. The number of likely N-dealkylation sites (tertiary alicyclic amines) is 1. The van der Waals surface area contributed by atoms with Crippen molar-refractivity contribution in [2.45, 2.75) is 45.6 Å². The summed E-state index contributed by atoms with van der Waals surface area (Å²) in [5.41, 5.74) is 0.960. The van der Waals surface area contributed by atoms with Gasteiger partial charge in [0, 0.05) is 29.1 Å². The molecule has 1 saturated heterocycles. The Morgan fingerprint density at radius 1 is 1.26 bits per heavy atom. The van der Waals surface area contributed by atoms with E-state index in [9.17, 15) is 9.59 Å². The highest BCUT2D eigenvalue weighted by Gasteiger charge is 2.47. The summed E-state index contributed by atoms with van der Waals surface area (Å²) in [5.74, 6) is 0.179. The fourth-order valence-electron chi connectivity index (χ4n) is 3.49. The van der Waals surface area contributed by atoms with Crippen molar-refractivity contribution in [3.63, 3.8) is 0 Å². The Labute approximate surface area is 141 Å². The minimum absolute atomic E-state index is 0.179. The molecule has 0 N–H and O–H groups in total. The van der Waals surface area contributed by atoms with Gasteiger partial charge in [0.2, 0.25) is 0 Å². The molecule has 23 heavy (non-hydrogen) atoms. The molecule has 1 aliphatic heterocycles. The molecule has 5 heteroatoms. The van der Waals surface area contributed by atoms with E-state index in [2.05, 4.69) is 0 Å². The number of fused-ring (bicyclic) bond motifs is 1. The summed E-state index contributed by atoms with van der Waals surface area (Å²) in [7, 11) is 0. The quantitative estimate of drug-likeness (QED) is 0.717. The third-order valence-corrected chi connectivity index (χ3v) is 4.93. The number of carbonyl (C=O) groups excluding carboxylic acids is 2. The van der Waals surface area contributed by atoms with E-state index in [1.807, 2.05) is 32.9 Å². The van der Waals surface area contributed by atoms with Crippen molar-refractivity contribution in [1.29, 1.82) is 0 Å². The maximum atomic E-state index is 12.8. The number of Topliss-reactive ketones (excluding diaryl/α,β-unsaturated/α-hetero) is 1. The van der Waals surface area contributed by atoms with Gasteiger partial charge in [-0.05, 0) is 57.7 Å². The molecule has 3 rings (SSSR count). The van der Waals surface area contributed by atoms with Crippen molar-refractivity contribution >= 4 is 23.5 Å². The highest BCUT2D eigenvalue weighted by molar-refractivity contribution is 6.31. The second kappa shape index (κ2) is 5.52. The van der Waals surface area contributed by atoms with Gasteiger partial charge in [0.1, 0.15) is 5.60 Å². The molecule has 0 saturated carbocycles. The van der Waals surface area contributed by atoms with E-state index in [4.69, 9.17) is 16.3 Å². The van der Waals surface area contributed by atoms with Crippen LogP contribution < -0.4 is 0 Å². The van der Waals surface area contributed by atoms with Gasteiger partial charge in [0.25, 0.3) is 0 Å². The standard InChI is InChI=1S/C18H22ClNO3/c1-17(2,3)23-16(22)20-8-6-18(7-9-20)11-12-4-5-13(19)10-14(12)15(18)21/h4-5,10H,6-9,11H2,1-3H3. The maximum absolute atomic E-state index is 12.8. The Morgan fingerprint density at radius 2 is 1.91 bits per heavy atom. The van der Waals surface area contributed by atoms with E-state index >= 15 is 0 Å². The van der Waals surface area contributed by atoms with Crippen LogP contribution >= 0.6 is 11.6 Å². The summed E-state index contributed by atoms with van der Waals surface area (Å²) < 4.78 is 5.42. The lowest BCUT2D eigenvalue weighted by Gasteiger charge is -2.38. The Bertz CT molecular complexity index is 655. The molecule has 1 aromatic rings. The van der Waals surface area contributed by atoms with Crippen molar-refractivity contribution in [2.75, 3.05) is 13.1 Å². The number of amides is 1. The summed E-state index contributed by atoms with van der Waals surface area (Å²) in [6.45, 7) is 6.69. The van der Waals surface area contributed by atoms with Gasteiger partial charge >= 0.3 is 6.09 Å². The predicted molar refractivity (Wildman–Crippen MR) is 89.0 cm³/mol. The SMILES string of the molecule is CC(C)(C)OC(=O)N1CCC2(CC1)Cc1ccc(Cl)cc1C2=O. The van der Waals surface area contributed by atoms with Gasteiger partial charge in [-0.3, -0.25) is 4.79 Å². The highest BCUT2D eigenvalue weighted by atomic mass is 35.5. The van der Waals surface area contributed by atoms with Crippen LogP contribution in [0.4, 0.5) is 4.79 Å². The zero-order chi connectivity index (χ0) is 16.8. The van der Waals surface area contributed by atoms with E-state index < -0.39 is 5.60 Å². The molecule has 124 valence electrons. The van der Waals surface area contributed by atoms with Crippen molar-refractivity contribution in [2.24, 2.45) is 5.41 Å². The molecule has 1 spiro atoms. The number of ketones is 1. The van der Waals surface area contributed by atoms with Crippen molar-refractivity contribution in [1.82, 2.24) is 4.90 Å². The van der Waals surface area contributed by atoms with Crippen LogP contribution in [0, 0.1) is 5.41 Å². The Morgan fingerprint density at radius 3 is 2.52 bits per heavy atom. The molecule has 1 aromatic carbocycles. The molecule has 1 fully saturated rings. The molecule has 1 aliphatic carbocycles. The molecule has 0 atom stereocenters. The number of nitrogens with zero attached hydrogens (tertiary/aromatic N) is 1. The molecule has 0 bridgehead atoms. The third-order valence-electron chi connectivity index (χ3n) is 4.70. The largest absolute Gasteiger partial charge is 0.444 e. The van der Waals surface area contributed by atoms with Crippen LogP contribution in [0.2, 0.25) is 5.02 Å². The predicted octanol–water partition coefficient (Wildman–Crippen LogP) is 4.10. The number of rotatable bonds is 0. The summed E-state index contributed by atoms with van der Waals surface area (Å²) >= 11 is 6.02. The van der Waals surface area contributed by atoms with Gasteiger partial charge in [0.05, 0.1) is 0 Å². The molecule has 0 unspecified atom stereocenters. The van der Waals surface area contributed by atoms with Crippen molar-refractivity contribution < 1.29 is 14.3 Å². The van der Waals surface area contributed by atoms with Crippen LogP contribution in [0.5, 0.6) is 0 Å². The summed E-state index contributed by atoms with van der Waals surface area (Å²) in [5, 5.41) is 0.598. The van der Waals surface area contributed by atoms with Gasteiger partial charge in [0.15, 0.2) is 5.78 Å². The molecule has 0 radical (unpaired) electrons. The van der Waals surface area contributed by atoms with Crippen molar-refractivity contribution in [3.8, 4) is 0 Å². The maximum Gasteiger partial charge on any atom is 0.410 e. The van der Waals surface area contributed by atoms with Crippen LogP contribution in [-0.4, -0.2) is 35.5 Å². The van der Waals surface area contributed by atoms with E-state index in [0.29, 0.717) is 31.0 Å². The zero-order valence-corrected chi connectivity index (χ0v) is 14.6. The first kappa shape index (κ1) is 16.3. The number of benzene rings is 1. The van der Waals surface area contributed by atoms with Crippen LogP contribution in [0.1, 0.15) is 49.5 Å². The molecule has 1 amide bonds. The monoisotopic (exact) mass is 335 g/mol. The topological polar surface area (TPSA) is 46.6 Å². The van der Waals surface area contributed by atoms with Gasteiger partial charge in [-0.1, -0.05) is 17.7 Å². The molecular formula is C18H22ClNO3. The minimum atomic E-state index is -0.498. The fourth-order valence-corrected chi connectivity index (χ4v) is 3.66. The Hall–Kier alpha value is -1.55. The first-order valence-electron chi connectivity index (χ1n) is 8.01. The average Bonchev–Trinajstić information content (AvgIpc) is 2.71. The van der Waals surface area contributed by atoms with E-state index in [0.717, 1.165) is 17.5 Å². The molecule has 4 nitrogen and oxygen atoms in total. The lowest BCUT2D eigenvalue weighted by atomic mass is 9.75. The van der Waals surface area contributed by atoms with Gasteiger partial charge in [-0.2, -0.15) is 0 Å². The second-order valence-corrected chi connectivity index (χ2v) is 7.99. The first-order chi connectivity index (χ1) is 10.7. The molecule has 0 aromatic heterocycles. The number of ether oxygens (including phenoxy) is 1. The first-order valence-corrected chi connectivity index (χ1v) is 8.39. The fraction of sp³-hybridized carbons (Fsp3) is 0.556.